The van der Waals surface area contributed by atoms with Crippen molar-refractivity contribution in [1.82, 2.24) is 10.2 Å². The van der Waals surface area contributed by atoms with Gasteiger partial charge in [0.25, 0.3) is 0 Å². The smallest absolute Gasteiger partial charge is 0.243 e. The van der Waals surface area contributed by atoms with E-state index in [2.05, 4.69) is 18.5 Å². The van der Waals surface area contributed by atoms with Crippen molar-refractivity contribution >= 4 is 17.7 Å². The van der Waals surface area contributed by atoms with Gasteiger partial charge in [-0.1, -0.05) is 6.92 Å². The molecule has 1 unspecified atom stereocenters. The third kappa shape index (κ3) is 1.77. The van der Waals surface area contributed by atoms with Gasteiger partial charge in [0.2, 0.25) is 5.91 Å². The van der Waals surface area contributed by atoms with Gasteiger partial charge in [0.15, 0.2) is 0 Å². The van der Waals surface area contributed by atoms with E-state index in [4.69, 9.17) is 0 Å². The van der Waals surface area contributed by atoms with Crippen molar-refractivity contribution in [2.45, 2.75) is 37.0 Å². The van der Waals surface area contributed by atoms with Crippen LogP contribution in [0.15, 0.2) is 0 Å². The number of carbonyl (C=O) groups is 1. The number of hydrogen-bond donors (Lipinski definition) is 1. The molecule has 1 spiro atoms. The Morgan fingerprint density at radius 1 is 1.64 bits per heavy atom. The van der Waals surface area contributed by atoms with E-state index >= 15 is 0 Å². The van der Waals surface area contributed by atoms with E-state index in [0.717, 1.165) is 32.5 Å². The van der Waals surface area contributed by atoms with E-state index in [1.807, 2.05) is 16.7 Å². The predicted molar refractivity (Wildman–Crippen MR) is 59.3 cm³/mol. The van der Waals surface area contributed by atoms with Crippen LogP contribution in [0.3, 0.4) is 0 Å². The molecular weight excluding hydrogens is 196 g/mol. The predicted octanol–water partition coefficient (Wildman–Crippen LogP) is 1.05. The standard InChI is InChI=1S/C10H18N2OS/c1-8(14-2)3-6-12-7-11-10(4-5-10)9(12)13/h8,11H,3-7H2,1-2H3. The first kappa shape index (κ1) is 10.3. The van der Waals surface area contributed by atoms with Crippen LogP contribution in [0.2, 0.25) is 0 Å². The Bertz CT molecular complexity index is 240. The molecule has 2 rings (SSSR count). The van der Waals surface area contributed by atoms with E-state index in [1.165, 1.54) is 0 Å². The van der Waals surface area contributed by atoms with E-state index in [-0.39, 0.29) is 5.54 Å². The SMILES string of the molecule is CSC(C)CCN1CNC2(CC2)C1=O. The van der Waals surface area contributed by atoms with Crippen LogP contribution in [-0.4, -0.2) is 41.1 Å². The molecule has 1 saturated heterocycles. The molecule has 2 aliphatic rings. The van der Waals surface area contributed by atoms with Gasteiger partial charge in [-0.15, -0.1) is 0 Å². The first-order valence-electron chi connectivity index (χ1n) is 5.25. The monoisotopic (exact) mass is 214 g/mol. The number of nitrogens with one attached hydrogen (secondary N) is 1. The van der Waals surface area contributed by atoms with Crippen molar-refractivity contribution in [2.24, 2.45) is 0 Å². The normalized spacial score (nSPS) is 25.9. The number of carbonyl (C=O) groups excluding carboxylic acids is 1. The molecular formula is C10H18N2OS. The highest BCUT2D eigenvalue weighted by Gasteiger charge is 2.55. The molecule has 3 nitrogen and oxygen atoms in total. The van der Waals surface area contributed by atoms with Crippen molar-refractivity contribution in [2.75, 3.05) is 19.5 Å². The number of nitrogens with zero attached hydrogens (tertiary/aromatic N) is 1. The highest BCUT2D eigenvalue weighted by atomic mass is 32.2. The molecule has 0 aromatic rings. The summed E-state index contributed by atoms with van der Waals surface area (Å²) in [4.78, 5) is 13.8. The van der Waals surface area contributed by atoms with E-state index in [1.54, 1.807) is 0 Å². The molecule has 14 heavy (non-hydrogen) atoms. The van der Waals surface area contributed by atoms with Gasteiger partial charge in [0.05, 0.1) is 12.2 Å². The molecule has 80 valence electrons. The molecule has 0 radical (unpaired) electrons. The summed E-state index contributed by atoms with van der Waals surface area (Å²) < 4.78 is 0. The second-order valence-electron chi connectivity index (χ2n) is 4.32. The second-order valence-corrected chi connectivity index (χ2v) is 5.60. The van der Waals surface area contributed by atoms with Crippen LogP contribution in [0.4, 0.5) is 0 Å². The van der Waals surface area contributed by atoms with Gasteiger partial charge in [-0.2, -0.15) is 11.8 Å². The van der Waals surface area contributed by atoms with Crippen LogP contribution < -0.4 is 5.32 Å². The van der Waals surface area contributed by atoms with Gasteiger partial charge < -0.3 is 4.90 Å². The number of hydrogen-bond acceptors (Lipinski definition) is 3. The Hall–Kier alpha value is -0.220. The fourth-order valence-corrected chi connectivity index (χ4v) is 2.19. The highest BCUT2D eigenvalue weighted by molar-refractivity contribution is 7.99. The van der Waals surface area contributed by atoms with Gasteiger partial charge in [-0.05, 0) is 25.5 Å². The number of thioether (sulfide) groups is 1. The van der Waals surface area contributed by atoms with E-state index in [0.29, 0.717) is 11.2 Å². The molecule has 4 heteroatoms. The Labute approximate surface area is 89.6 Å². The van der Waals surface area contributed by atoms with E-state index in [9.17, 15) is 4.79 Å². The minimum absolute atomic E-state index is 0.109. The molecule has 0 bridgehead atoms. The molecule has 0 aromatic carbocycles. The molecule has 1 saturated carbocycles. The Morgan fingerprint density at radius 3 is 2.86 bits per heavy atom. The lowest BCUT2D eigenvalue weighted by molar-refractivity contribution is -0.129. The van der Waals surface area contributed by atoms with Crippen molar-refractivity contribution in [3.63, 3.8) is 0 Å². The zero-order valence-corrected chi connectivity index (χ0v) is 9.69. The maximum absolute atomic E-state index is 11.8. The molecule has 1 aliphatic carbocycles. The molecule has 1 N–H and O–H groups in total. The van der Waals surface area contributed by atoms with Crippen LogP contribution in [0.5, 0.6) is 0 Å². The lowest BCUT2D eigenvalue weighted by Gasteiger charge is -2.17. The second kappa shape index (κ2) is 3.74. The summed E-state index contributed by atoms with van der Waals surface area (Å²) in [5.41, 5.74) is -0.109. The van der Waals surface area contributed by atoms with Gasteiger partial charge >= 0.3 is 0 Å². The Morgan fingerprint density at radius 2 is 2.36 bits per heavy atom. The number of amides is 1. The van der Waals surface area contributed by atoms with Crippen LogP contribution in [0.1, 0.15) is 26.2 Å². The molecule has 1 aliphatic heterocycles. The summed E-state index contributed by atoms with van der Waals surface area (Å²) in [6.45, 7) is 3.89. The summed E-state index contributed by atoms with van der Waals surface area (Å²) in [7, 11) is 0. The minimum atomic E-state index is -0.109. The van der Waals surface area contributed by atoms with Crippen molar-refractivity contribution in [1.29, 1.82) is 0 Å². The maximum Gasteiger partial charge on any atom is 0.243 e. The van der Waals surface area contributed by atoms with Crippen LogP contribution in [0, 0.1) is 0 Å². The lowest BCUT2D eigenvalue weighted by atomic mass is 10.2. The third-order valence-corrected chi connectivity index (χ3v) is 4.30. The largest absolute Gasteiger partial charge is 0.328 e. The molecule has 2 fully saturated rings. The van der Waals surface area contributed by atoms with Crippen LogP contribution >= 0.6 is 11.8 Å². The van der Waals surface area contributed by atoms with Crippen molar-refractivity contribution in [3.8, 4) is 0 Å². The Kier molecular flexibility index (Phi) is 2.75. The van der Waals surface area contributed by atoms with Crippen LogP contribution in [-0.2, 0) is 4.79 Å². The zero-order chi connectivity index (χ0) is 10.2. The zero-order valence-electron chi connectivity index (χ0n) is 8.88. The van der Waals surface area contributed by atoms with E-state index < -0.39 is 0 Å². The maximum atomic E-state index is 11.8. The van der Waals surface area contributed by atoms with Crippen LogP contribution in [0.25, 0.3) is 0 Å². The molecule has 1 amide bonds. The van der Waals surface area contributed by atoms with Crippen molar-refractivity contribution in [3.05, 3.63) is 0 Å². The third-order valence-electron chi connectivity index (χ3n) is 3.26. The average molecular weight is 214 g/mol. The molecule has 1 atom stereocenters. The summed E-state index contributed by atoms with van der Waals surface area (Å²) in [5.74, 6) is 0.339. The quantitative estimate of drug-likeness (QED) is 0.759. The first-order valence-corrected chi connectivity index (χ1v) is 6.54. The summed E-state index contributed by atoms with van der Waals surface area (Å²) in [5, 5.41) is 3.97. The van der Waals surface area contributed by atoms with Gasteiger partial charge in [-0.25, -0.2) is 0 Å². The fourth-order valence-electron chi connectivity index (χ4n) is 1.85. The number of rotatable bonds is 4. The topological polar surface area (TPSA) is 32.3 Å². The molecule has 1 heterocycles. The van der Waals surface area contributed by atoms with Gasteiger partial charge in [0, 0.05) is 11.8 Å². The van der Waals surface area contributed by atoms with Crippen molar-refractivity contribution < 1.29 is 4.79 Å². The minimum Gasteiger partial charge on any atom is -0.328 e. The summed E-state index contributed by atoms with van der Waals surface area (Å²) >= 11 is 1.87. The average Bonchev–Trinajstić information content (AvgIpc) is 2.91. The van der Waals surface area contributed by atoms with Gasteiger partial charge in [-0.3, -0.25) is 10.1 Å². The molecule has 0 aromatic heterocycles. The Balaban J connectivity index is 1.80. The van der Waals surface area contributed by atoms with Gasteiger partial charge in [0.1, 0.15) is 0 Å². The fraction of sp³-hybridized carbons (Fsp3) is 0.900. The lowest BCUT2D eigenvalue weighted by Crippen LogP contribution is -2.33. The highest BCUT2D eigenvalue weighted by Crippen LogP contribution is 2.40. The summed E-state index contributed by atoms with van der Waals surface area (Å²) in [6.07, 6.45) is 5.31. The summed E-state index contributed by atoms with van der Waals surface area (Å²) in [6, 6.07) is 0. The first-order chi connectivity index (χ1) is 6.68.